The monoisotopic (exact) mass is 1070 g/mol. The molecule has 23 nitrogen and oxygen atoms in total. The van der Waals surface area contributed by atoms with Crippen LogP contribution in [0, 0.1) is 23.7 Å². The zero-order valence-corrected chi connectivity index (χ0v) is 46.3. The second kappa shape index (κ2) is 32.3. The van der Waals surface area contributed by atoms with E-state index in [1.165, 1.54) is 32.9 Å². The van der Waals surface area contributed by atoms with E-state index in [9.17, 15) is 63.3 Å². The van der Waals surface area contributed by atoms with E-state index in [2.05, 4.69) is 42.5 Å². The number of unbranched alkanes of at least 4 members (excludes halogenated alkanes) is 1. The van der Waals surface area contributed by atoms with Gasteiger partial charge < -0.3 is 68.5 Å². The van der Waals surface area contributed by atoms with E-state index in [4.69, 9.17) is 5.73 Å². The molecule has 10 atom stereocenters. The summed E-state index contributed by atoms with van der Waals surface area (Å²) in [5, 5.41) is 51.8. The minimum atomic E-state index is -1.54. The molecule has 1 saturated heterocycles. The van der Waals surface area contributed by atoms with Gasteiger partial charge in [0.25, 0.3) is 0 Å². The van der Waals surface area contributed by atoms with Crippen molar-refractivity contribution < 1.29 is 63.3 Å². The molecule has 0 unspecified atom stereocenters. The minimum absolute atomic E-state index is 0.0399. The van der Waals surface area contributed by atoms with Crippen LogP contribution >= 0.6 is 0 Å². The highest BCUT2D eigenvalue weighted by Crippen LogP contribution is 2.20. The number of hydrogen-bond donors (Lipinski definition) is 12. The normalized spacial score (nSPS) is 17.0. The molecule has 76 heavy (non-hydrogen) atoms. The third-order valence-electron chi connectivity index (χ3n) is 12.6. The van der Waals surface area contributed by atoms with Crippen LogP contribution in [0.3, 0.4) is 0 Å². The van der Waals surface area contributed by atoms with Gasteiger partial charge in [-0.15, -0.1) is 0 Å². The lowest BCUT2D eigenvalue weighted by molar-refractivity contribution is -0.150. The highest BCUT2D eigenvalue weighted by molar-refractivity contribution is 5.98. The Morgan fingerprint density at radius 2 is 0.974 bits per heavy atom. The summed E-state index contributed by atoms with van der Waals surface area (Å²) in [6.07, 6.45) is 0.502. The SMILES string of the molecule is CC(=O)N[C@@H](CC(C)C)C(=O)N[C@@H](C)C(=O)N[C@@H](CC(C)C)C(=O)N[C@@H](CCCCN)C(=O)N[C@@H](Cc1ccc(O)cc1)C(=O)N[C@@H](CC(C)C)C(=O)N[C@@H](CC(C)C)C(=O)N[C@H](C(=O)N1CCC[C@H]1C(=O)O)[C@@H](C)O. The summed E-state index contributed by atoms with van der Waals surface area (Å²) in [5.41, 5.74) is 6.30. The number of carbonyl (C=O) groups is 10. The number of aliphatic carboxylic acids is 1. The molecule has 1 aliphatic heterocycles. The standard InChI is InChI=1S/C53H88N10O13/c1-28(2)23-38(56-34(11)65)47(69)55-32(9)45(67)58-39(24-29(3)4)48(70)57-37(15-12-13-21-54)46(68)61-42(27-35-17-19-36(66)20-18-35)50(72)59-40(25-30(5)6)49(71)60-41(26-31(7)8)51(73)62-44(33(10)64)52(74)63-22-14-16-43(63)53(75)76/h17-20,28-33,37-44,64,66H,12-16,21-27,54H2,1-11H3,(H,55,69)(H,56,65)(H,57,70)(H,58,67)(H,59,72)(H,60,71)(H,61,68)(H,62,73)(H,75,76)/t32-,33+,37-,38-,39-,40-,41-,42-,43-,44-/m0/s1. The maximum atomic E-state index is 14.5. The van der Waals surface area contributed by atoms with Crippen LogP contribution in [0.5, 0.6) is 5.75 Å². The van der Waals surface area contributed by atoms with Crippen molar-refractivity contribution in [1.82, 2.24) is 47.4 Å². The quantitative estimate of drug-likeness (QED) is 0.0441. The first-order chi connectivity index (χ1) is 35.5. The molecule has 0 aliphatic carbocycles. The molecule has 23 heteroatoms. The number of phenolic OH excluding ortho intramolecular Hbond substituents is 1. The van der Waals surface area contributed by atoms with E-state index < -0.39 is 120 Å². The number of likely N-dealkylation sites (tertiary alicyclic amines) is 1. The molecule has 2 rings (SSSR count). The highest BCUT2D eigenvalue weighted by Gasteiger charge is 2.41. The van der Waals surface area contributed by atoms with E-state index in [0.717, 1.165) is 4.90 Å². The summed E-state index contributed by atoms with van der Waals surface area (Å²) in [6, 6.07) is -5.24. The smallest absolute Gasteiger partial charge is 0.326 e. The second-order valence-corrected chi connectivity index (χ2v) is 21.7. The maximum Gasteiger partial charge on any atom is 0.326 e. The van der Waals surface area contributed by atoms with Crippen LogP contribution in [0.4, 0.5) is 0 Å². The number of nitrogens with one attached hydrogen (secondary N) is 8. The van der Waals surface area contributed by atoms with E-state index in [1.54, 1.807) is 39.8 Å². The van der Waals surface area contributed by atoms with Crippen LogP contribution in [0.1, 0.15) is 140 Å². The lowest BCUT2D eigenvalue weighted by Crippen LogP contribution is -2.61. The minimum Gasteiger partial charge on any atom is -0.508 e. The van der Waals surface area contributed by atoms with Crippen LogP contribution in [-0.2, 0) is 54.4 Å². The molecular weight excluding hydrogens is 985 g/mol. The molecule has 0 spiro atoms. The lowest BCUT2D eigenvalue weighted by Gasteiger charge is -2.31. The molecule has 0 aromatic heterocycles. The maximum absolute atomic E-state index is 14.5. The third-order valence-corrected chi connectivity index (χ3v) is 12.6. The molecule has 13 N–H and O–H groups in total. The van der Waals surface area contributed by atoms with Gasteiger partial charge in [0, 0.05) is 19.9 Å². The number of aliphatic hydroxyl groups is 1. The molecule has 0 radical (unpaired) electrons. The zero-order valence-electron chi connectivity index (χ0n) is 46.3. The van der Waals surface area contributed by atoms with Crippen LogP contribution in [0.15, 0.2) is 24.3 Å². The number of aliphatic hydroxyl groups excluding tert-OH is 1. The van der Waals surface area contributed by atoms with Crippen molar-refractivity contribution in [2.24, 2.45) is 29.4 Å². The van der Waals surface area contributed by atoms with E-state index in [0.29, 0.717) is 31.2 Å². The first-order valence-corrected chi connectivity index (χ1v) is 26.6. The fourth-order valence-corrected chi connectivity index (χ4v) is 8.77. The topological polar surface area (TPSA) is 357 Å². The second-order valence-electron chi connectivity index (χ2n) is 21.7. The van der Waals surface area contributed by atoms with Gasteiger partial charge in [-0.3, -0.25) is 43.2 Å². The Morgan fingerprint density at radius 3 is 1.42 bits per heavy atom. The Balaban J connectivity index is 2.46. The summed E-state index contributed by atoms with van der Waals surface area (Å²) in [4.78, 5) is 137. The molecule has 428 valence electrons. The third kappa shape index (κ3) is 22.9. The zero-order chi connectivity index (χ0) is 57.6. The Kier molecular flexibility index (Phi) is 27.9. The van der Waals surface area contributed by atoms with Crippen LogP contribution < -0.4 is 48.3 Å². The van der Waals surface area contributed by atoms with Crippen molar-refractivity contribution in [2.45, 2.75) is 201 Å². The molecule has 0 bridgehead atoms. The summed E-state index contributed by atoms with van der Waals surface area (Å²) in [6.45, 7) is 19.0. The first kappa shape index (κ1) is 65.8. The number of carboxylic acids is 1. The number of rotatable bonds is 32. The number of carboxylic acid groups (broad SMARTS) is 1. The fourth-order valence-electron chi connectivity index (χ4n) is 8.77. The van der Waals surface area contributed by atoms with Gasteiger partial charge in [0.1, 0.15) is 60.1 Å². The number of aromatic hydroxyl groups is 1. The van der Waals surface area contributed by atoms with Crippen molar-refractivity contribution in [2.75, 3.05) is 13.1 Å². The molecule has 9 amide bonds. The van der Waals surface area contributed by atoms with E-state index in [1.807, 2.05) is 27.7 Å². The lowest BCUT2D eigenvalue weighted by atomic mass is 9.98. The van der Waals surface area contributed by atoms with Crippen molar-refractivity contribution in [1.29, 1.82) is 0 Å². The van der Waals surface area contributed by atoms with Crippen molar-refractivity contribution in [3.05, 3.63) is 29.8 Å². The number of amides is 9. The molecule has 1 aliphatic rings. The van der Waals surface area contributed by atoms with Crippen molar-refractivity contribution >= 4 is 59.1 Å². The fraction of sp³-hybridized carbons (Fsp3) is 0.698. The van der Waals surface area contributed by atoms with Gasteiger partial charge in [-0.05, 0) is 120 Å². The van der Waals surface area contributed by atoms with Crippen LogP contribution in [0.2, 0.25) is 0 Å². The Morgan fingerprint density at radius 1 is 0.566 bits per heavy atom. The number of nitrogens with zero attached hydrogens (tertiary/aromatic N) is 1. The number of carbonyl (C=O) groups excluding carboxylic acids is 9. The van der Waals surface area contributed by atoms with E-state index in [-0.39, 0.29) is 81.0 Å². The van der Waals surface area contributed by atoms with Gasteiger partial charge in [-0.1, -0.05) is 67.5 Å². The summed E-state index contributed by atoms with van der Waals surface area (Å²) >= 11 is 0. The van der Waals surface area contributed by atoms with Gasteiger partial charge in [-0.2, -0.15) is 0 Å². The first-order valence-electron chi connectivity index (χ1n) is 26.6. The van der Waals surface area contributed by atoms with Gasteiger partial charge in [0.05, 0.1) is 6.10 Å². The molecule has 1 aromatic rings. The number of benzene rings is 1. The van der Waals surface area contributed by atoms with E-state index >= 15 is 0 Å². The van der Waals surface area contributed by atoms with Crippen molar-refractivity contribution in [3.8, 4) is 5.75 Å². The van der Waals surface area contributed by atoms with Gasteiger partial charge in [-0.25, -0.2) is 4.79 Å². The number of hydrogen-bond acceptors (Lipinski definition) is 13. The molecular formula is C53H88N10O13. The Labute approximate surface area is 447 Å². The number of phenols is 1. The van der Waals surface area contributed by atoms with Gasteiger partial charge >= 0.3 is 5.97 Å². The predicted molar refractivity (Wildman–Crippen MR) is 283 cm³/mol. The summed E-state index contributed by atoms with van der Waals surface area (Å²) < 4.78 is 0. The number of nitrogens with two attached hydrogens (primary N) is 1. The average Bonchev–Trinajstić information content (AvgIpc) is 3.82. The molecule has 1 fully saturated rings. The van der Waals surface area contributed by atoms with Gasteiger partial charge in [0.15, 0.2) is 0 Å². The highest BCUT2D eigenvalue weighted by atomic mass is 16.4. The largest absolute Gasteiger partial charge is 0.508 e. The molecule has 1 heterocycles. The van der Waals surface area contributed by atoms with Crippen LogP contribution in [-0.4, -0.2) is 153 Å². The predicted octanol–water partition coefficient (Wildman–Crippen LogP) is 0.623. The average molecular weight is 1070 g/mol. The molecule has 1 aromatic carbocycles. The summed E-state index contributed by atoms with van der Waals surface area (Å²) in [7, 11) is 0. The van der Waals surface area contributed by atoms with Crippen LogP contribution in [0.25, 0.3) is 0 Å². The Hall–Kier alpha value is -6.36. The summed E-state index contributed by atoms with van der Waals surface area (Å²) in [5.74, 6) is -8.17. The van der Waals surface area contributed by atoms with Crippen molar-refractivity contribution in [3.63, 3.8) is 0 Å². The van der Waals surface area contributed by atoms with Gasteiger partial charge in [0.2, 0.25) is 53.2 Å². The Bertz CT molecular complexity index is 2120. The molecule has 0 saturated carbocycles.